The number of rotatable bonds is 6. The molecule has 0 aromatic heterocycles. The van der Waals surface area contributed by atoms with Gasteiger partial charge in [-0.2, -0.15) is 0 Å². The van der Waals surface area contributed by atoms with Crippen LogP contribution in [0.2, 0.25) is 0 Å². The molecule has 0 amide bonds. The fourth-order valence-corrected chi connectivity index (χ4v) is 3.00. The van der Waals surface area contributed by atoms with Crippen LogP contribution in [0.3, 0.4) is 0 Å². The van der Waals surface area contributed by atoms with Crippen LogP contribution in [0.15, 0.2) is 0 Å². The molecule has 2 N–H and O–H groups in total. The van der Waals surface area contributed by atoms with E-state index in [4.69, 9.17) is 5.11 Å². The fraction of sp³-hybridized carbons (Fsp3) is 0.923. The zero-order valence-corrected chi connectivity index (χ0v) is 12.5. The summed E-state index contributed by atoms with van der Waals surface area (Å²) in [6.45, 7) is 1.96. The van der Waals surface area contributed by atoms with Crippen LogP contribution in [0.4, 0.5) is 17.6 Å². The molecule has 2 atom stereocenters. The molecule has 0 bridgehead atoms. The van der Waals surface area contributed by atoms with E-state index < -0.39 is 48.9 Å². The van der Waals surface area contributed by atoms with Crippen molar-refractivity contribution >= 4 is 5.97 Å². The molecule has 22 heavy (non-hydrogen) atoms. The van der Waals surface area contributed by atoms with E-state index in [1.54, 1.807) is 0 Å². The molecule has 5 nitrogen and oxygen atoms in total. The third-order valence-corrected chi connectivity index (χ3v) is 4.40. The number of alkyl halides is 4. The minimum atomic E-state index is -3.02. The summed E-state index contributed by atoms with van der Waals surface area (Å²) < 4.78 is 53.3. The summed E-state index contributed by atoms with van der Waals surface area (Å²) in [5.41, 5.74) is -1.10. The summed E-state index contributed by atoms with van der Waals surface area (Å²) in [5.74, 6) is -4.06. The van der Waals surface area contributed by atoms with Crippen LogP contribution >= 0.6 is 0 Å². The number of hydrazine groups is 1. The van der Waals surface area contributed by atoms with E-state index in [1.165, 1.54) is 23.9 Å². The van der Waals surface area contributed by atoms with Crippen molar-refractivity contribution < 1.29 is 27.5 Å². The van der Waals surface area contributed by atoms with Crippen LogP contribution in [0.25, 0.3) is 0 Å². The number of hydrogen-bond acceptors (Lipinski definition) is 4. The molecule has 0 radical (unpaired) electrons. The molecule has 2 rings (SSSR count). The maximum absolute atomic E-state index is 14.0. The fourth-order valence-electron chi connectivity index (χ4n) is 3.00. The number of carboxylic acids is 1. The molecule has 0 saturated carbocycles. The number of fused-ring (bicyclic) bond motifs is 1. The summed E-state index contributed by atoms with van der Waals surface area (Å²) in [5, 5.41) is 14.2. The molecule has 2 aliphatic heterocycles. The Bertz CT molecular complexity index is 434. The number of carboxylic acid groups (broad SMARTS) is 1. The molecule has 2 aliphatic rings. The van der Waals surface area contributed by atoms with Crippen molar-refractivity contribution in [2.24, 2.45) is 5.41 Å². The number of halogens is 4. The molecule has 2 heterocycles. The first-order valence-electron chi connectivity index (χ1n) is 7.19. The molecule has 128 valence electrons. The first kappa shape index (κ1) is 17.4. The first-order chi connectivity index (χ1) is 10.0. The van der Waals surface area contributed by atoms with Crippen LogP contribution < -0.4 is 5.32 Å². The van der Waals surface area contributed by atoms with Gasteiger partial charge in [0, 0.05) is 19.1 Å². The van der Waals surface area contributed by atoms with Gasteiger partial charge in [0.15, 0.2) is 0 Å². The minimum absolute atomic E-state index is 0.00442. The predicted octanol–water partition coefficient (Wildman–Crippen LogP) is 1.26. The average molecular weight is 327 g/mol. The average Bonchev–Trinajstić information content (AvgIpc) is 2.85. The van der Waals surface area contributed by atoms with E-state index in [2.05, 4.69) is 5.32 Å². The van der Waals surface area contributed by atoms with Gasteiger partial charge >= 0.3 is 5.97 Å². The zero-order valence-electron chi connectivity index (χ0n) is 12.5. The quantitative estimate of drug-likeness (QED) is 0.720. The highest BCUT2D eigenvalue weighted by Gasteiger charge is 2.58. The van der Waals surface area contributed by atoms with E-state index in [-0.39, 0.29) is 19.5 Å². The van der Waals surface area contributed by atoms with Gasteiger partial charge in [0.25, 0.3) is 12.3 Å². The van der Waals surface area contributed by atoms with Crippen molar-refractivity contribution in [1.29, 1.82) is 0 Å². The van der Waals surface area contributed by atoms with E-state index in [0.717, 1.165) is 0 Å². The van der Waals surface area contributed by atoms with Crippen LogP contribution in [-0.4, -0.2) is 71.7 Å². The topological polar surface area (TPSA) is 55.8 Å². The Balaban J connectivity index is 2.13. The van der Waals surface area contributed by atoms with Gasteiger partial charge in [0.05, 0.1) is 18.5 Å². The lowest BCUT2D eigenvalue weighted by atomic mass is 9.89. The Labute approximate surface area is 126 Å². The monoisotopic (exact) mass is 327 g/mol. The SMILES string of the molecule is CC(C)(CCN1C2C(CN1CC(F)F)NCC2(F)F)C(=O)O. The van der Waals surface area contributed by atoms with Crippen molar-refractivity contribution in [3.63, 3.8) is 0 Å². The Morgan fingerprint density at radius 2 is 2.09 bits per heavy atom. The molecule has 2 fully saturated rings. The second-order valence-electron chi connectivity index (χ2n) is 6.56. The molecule has 9 heteroatoms. The molecule has 2 saturated heterocycles. The highest BCUT2D eigenvalue weighted by molar-refractivity contribution is 5.73. The number of hydrogen-bond donors (Lipinski definition) is 2. The second kappa shape index (κ2) is 5.93. The lowest BCUT2D eigenvalue weighted by Crippen LogP contribution is -2.51. The van der Waals surface area contributed by atoms with Crippen LogP contribution in [-0.2, 0) is 4.79 Å². The summed E-state index contributed by atoms with van der Waals surface area (Å²) in [4.78, 5) is 11.1. The molecule has 0 spiro atoms. The summed E-state index contributed by atoms with van der Waals surface area (Å²) in [6, 6.07) is -1.78. The van der Waals surface area contributed by atoms with Crippen LogP contribution in [0.5, 0.6) is 0 Å². The van der Waals surface area contributed by atoms with E-state index >= 15 is 0 Å². The molecule has 0 aliphatic carbocycles. The predicted molar refractivity (Wildman–Crippen MR) is 70.8 cm³/mol. The van der Waals surface area contributed by atoms with Crippen LogP contribution in [0, 0.1) is 5.41 Å². The normalized spacial score (nSPS) is 29.2. The molecular weight excluding hydrogens is 306 g/mol. The van der Waals surface area contributed by atoms with Gasteiger partial charge in [-0.1, -0.05) is 0 Å². The summed E-state index contributed by atoms with van der Waals surface area (Å²) in [7, 11) is 0. The summed E-state index contributed by atoms with van der Waals surface area (Å²) >= 11 is 0. The molecular formula is C13H21F4N3O2. The third-order valence-electron chi connectivity index (χ3n) is 4.40. The standard InChI is InChI=1S/C13H21F4N3O2/c1-12(2,11(21)22)3-4-20-10-8(18-7-13(10,16)17)5-19(20)6-9(14)15/h8-10,18H,3-7H2,1-2H3,(H,21,22). The zero-order chi connectivity index (χ0) is 16.7. The number of nitrogens with zero attached hydrogens (tertiary/aromatic N) is 2. The largest absolute Gasteiger partial charge is 0.481 e. The lowest BCUT2D eigenvalue weighted by molar-refractivity contribution is -0.149. The van der Waals surface area contributed by atoms with Crippen molar-refractivity contribution in [3.8, 4) is 0 Å². The van der Waals surface area contributed by atoms with Crippen molar-refractivity contribution in [3.05, 3.63) is 0 Å². The Morgan fingerprint density at radius 3 is 2.64 bits per heavy atom. The smallest absolute Gasteiger partial charge is 0.309 e. The summed E-state index contributed by atoms with van der Waals surface area (Å²) in [6.07, 6.45) is -2.54. The van der Waals surface area contributed by atoms with Gasteiger partial charge < -0.3 is 10.4 Å². The highest BCUT2D eigenvalue weighted by Crippen LogP contribution is 2.37. The first-order valence-corrected chi connectivity index (χ1v) is 7.19. The maximum atomic E-state index is 14.0. The van der Waals surface area contributed by atoms with Gasteiger partial charge in [0.2, 0.25) is 0 Å². The van der Waals surface area contributed by atoms with Crippen molar-refractivity contribution in [2.75, 3.05) is 26.2 Å². The molecule has 2 unspecified atom stereocenters. The van der Waals surface area contributed by atoms with E-state index in [9.17, 15) is 22.4 Å². The van der Waals surface area contributed by atoms with Gasteiger partial charge in [-0.05, 0) is 20.3 Å². The minimum Gasteiger partial charge on any atom is -0.481 e. The van der Waals surface area contributed by atoms with Gasteiger partial charge in [0.1, 0.15) is 6.04 Å². The third kappa shape index (κ3) is 3.36. The molecule has 0 aromatic carbocycles. The van der Waals surface area contributed by atoms with E-state index in [0.29, 0.717) is 0 Å². The van der Waals surface area contributed by atoms with Crippen molar-refractivity contribution in [1.82, 2.24) is 15.3 Å². The Kier molecular flexibility index (Phi) is 4.70. The lowest BCUT2D eigenvalue weighted by Gasteiger charge is -2.35. The number of nitrogens with one attached hydrogen (secondary N) is 1. The number of aliphatic carboxylic acids is 1. The maximum Gasteiger partial charge on any atom is 0.309 e. The second-order valence-corrected chi connectivity index (χ2v) is 6.56. The van der Waals surface area contributed by atoms with Gasteiger partial charge in [-0.25, -0.2) is 27.6 Å². The van der Waals surface area contributed by atoms with Gasteiger partial charge in [-0.15, -0.1) is 0 Å². The molecule has 0 aromatic rings. The van der Waals surface area contributed by atoms with Crippen LogP contribution in [0.1, 0.15) is 20.3 Å². The highest BCUT2D eigenvalue weighted by atomic mass is 19.3. The Morgan fingerprint density at radius 1 is 1.45 bits per heavy atom. The van der Waals surface area contributed by atoms with Crippen molar-refractivity contribution in [2.45, 2.75) is 44.7 Å². The van der Waals surface area contributed by atoms with Gasteiger partial charge in [-0.3, -0.25) is 4.79 Å². The number of carbonyl (C=O) groups is 1. The Hall–Kier alpha value is -0.930. The van der Waals surface area contributed by atoms with E-state index in [1.807, 2.05) is 0 Å².